The summed E-state index contributed by atoms with van der Waals surface area (Å²) in [4.78, 5) is 37.7. The topological polar surface area (TPSA) is 127 Å². The number of carbonyl (C=O) groups excluding carboxylic acids is 2. The number of pyridine rings is 1. The number of aromatic nitrogens is 4. The molecule has 214 valence electrons. The lowest BCUT2D eigenvalue weighted by molar-refractivity contribution is -0.137. The van der Waals surface area contributed by atoms with Crippen LogP contribution < -0.4 is 16.4 Å². The fourth-order valence-corrected chi connectivity index (χ4v) is 4.92. The van der Waals surface area contributed by atoms with Gasteiger partial charge in [-0.1, -0.05) is 18.1 Å². The maximum Gasteiger partial charge on any atom is 0.416 e. The van der Waals surface area contributed by atoms with Crippen molar-refractivity contribution >= 4 is 34.5 Å². The molecule has 4 N–H and O–H groups in total. The van der Waals surface area contributed by atoms with Gasteiger partial charge in [-0.25, -0.2) is 15.0 Å². The molecule has 42 heavy (non-hydrogen) atoms. The van der Waals surface area contributed by atoms with Crippen LogP contribution in [0, 0.1) is 18.8 Å². The highest BCUT2D eigenvalue weighted by Crippen LogP contribution is 2.35. The molecule has 9 nitrogen and oxygen atoms in total. The van der Waals surface area contributed by atoms with Crippen LogP contribution in [-0.4, -0.2) is 37.2 Å². The van der Waals surface area contributed by atoms with Gasteiger partial charge < -0.3 is 16.4 Å². The van der Waals surface area contributed by atoms with Gasteiger partial charge in [-0.3, -0.25) is 14.0 Å². The minimum atomic E-state index is -4.56. The van der Waals surface area contributed by atoms with Gasteiger partial charge in [0, 0.05) is 35.8 Å². The van der Waals surface area contributed by atoms with Crippen molar-refractivity contribution in [2.45, 2.75) is 45.3 Å². The second-order valence-electron chi connectivity index (χ2n) is 9.78. The number of nitrogen functional groups attached to an aromatic ring is 1. The number of imidazole rings is 1. The molecule has 0 fully saturated rings. The first-order chi connectivity index (χ1) is 20.0. The molecule has 1 aromatic carbocycles. The number of amides is 2. The van der Waals surface area contributed by atoms with Crippen LogP contribution in [0.5, 0.6) is 0 Å². The number of benzene rings is 1. The number of fused-ring (bicyclic) bond motifs is 1. The number of anilines is 2. The van der Waals surface area contributed by atoms with E-state index < -0.39 is 17.6 Å². The standard InChI is InChI=1S/C30H26F3N7O2/c1-3-4-24(41)37-21-8-5-18(6-9-21)28-39-25(26-27(34)36-13-14-40(26)28)22-10-7-19(15-17(22)2)29(42)38-23-16-20(11-12-35-23)30(31,32)33/h5,7,10-16,21H,6,8-9H2,1-2H3,(H2,34,36)(H,37,41)(H,35,38,42). The molecule has 1 aliphatic carbocycles. The van der Waals surface area contributed by atoms with Crippen LogP contribution in [0.3, 0.4) is 0 Å². The average Bonchev–Trinajstić information content (AvgIpc) is 3.34. The summed E-state index contributed by atoms with van der Waals surface area (Å²) in [6, 6.07) is 6.51. The zero-order chi connectivity index (χ0) is 30.0. The van der Waals surface area contributed by atoms with Crippen molar-refractivity contribution in [3.05, 3.63) is 77.5 Å². The number of nitrogens with one attached hydrogen (secondary N) is 2. The Balaban J connectivity index is 1.43. The van der Waals surface area contributed by atoms with Crippen molar-refractivity contribution in [3.63, 3.8) is 0 Å². The maximum absolute atomic E-state index is 13.1. The first kappa shape index (κ1) is 28.4. The number of rotatable bonds is 5. The normalized spacial score (nSPS) is 15.0. The number of nitrogens with two attached hydrogens (primary N) is 1. The monoisotopic (exact) mass is 573 g/mol. The van der Waals surface area contributed by atoms with Crippen molar-refractivity contribution in [1.82, 2.24) is 24.7 Å². The number of aryl methyl sites for hydroxylation is 1. The van der Waals surface area contributed by atoms with Crippen molar-refractivity contribution in [2.75, 3.05) is 11.1 Å². The van der Waals surface area contributed by atoms with Gasteiger partial charge in [0.25, 0.3) is 11.8 Å². The van der Waals surface area contributed by atoms with Gasteiger partial charge in [-0.15, -0.1) is 0 Å². The van der Waals surface area contributed by atoms with Crippen LogP contribution >= 0.6 is 0 Å². The SMILES string of the molecule is CC#CC(=O)NC1CC=C(c2nc(-c3ccc(C(=O)Nc4cc(C(F)(F)F)ccn4)cc3C)c3c(N)nccn23)CC1. The largest absolute Gasteiger partial charge is 0.416 e. The quantitative estimate of drug-likeness (QED) is 0.288. The predicted molar refractivity (Wildman–Crippen MR) is 152 cm³/mol. The van der Waals surface area contributed by atoms with E-state index in [0.29, 0.717) is 41.0 Å². The molecule has 0 saturated heterocycles. The Hall–Kier alpha value is -5.18. The van der Waals surface area contributed by atoms with Gasteiger partial charge in [0.1, 0.15) is 28.7 Å². The fourth-order valence-electron chi connectivity index (χ4n) is 4.92. The molecule has 1 aliphatic rings. The van der Waals surface area contributed by atoms with E-state index in [1.54, 1.807) is 44.4 Å². The van der Waals surface area contributed by atoms with E-state index in [2.05, 4.69) is 32.4 Å². The lowest BCUT2D eigenvalue weighted by Crippen LogP contribution is -2.34. The molecule has 0 spiro atoms. The summed E-state index contributed by atoms with van der Waals surface area (Å²) in [6.07, 6.45) is 3.87. The second kappa shape index (κ2) is 11.4. The van der Waals surface area contributed by atoms with Crippen molar-refractivity contribution in [1.29, 1.82) is 0 Å². The van der Waals surface area contributed by atoms with E-state index >= 15 is 0 Å². The van der Waals surface area contributed by atoms with Gasteiger partial charge in [0.15, 0.2) is 0 Å². The Morgan fingerprint density at radius 3 is 2.64 bits per heavy atom. The molecule has 1 unspecified atom stereocenters. The Morgan fingerprint density at radius 2 is 1.95 bits per heavy atom. The number of alkyl halides is 3. The molecule has 12 heteroatoms. The number of hydrogen-bond acceptors (Lipinski definition) is 6. The second-order valence-corrected chi connectivity index (χ2v) is 9.78. The maximum atomic E-state index is 13.1. The summed E-state index contributed by atoms with van der Waals surface area (Å²) in [7, 11) is 0. The lowest BCUT2D eigenvalue weighted by Gasteiger charge is -2.21. The van der Waals surface area contributed by atoms with E-state index in [0.717, 1.165) is 30.3 Å². The van der Waals surface area contributed by atoms with Crippen LogP contribution in [0.15, 0.2) is 55.0 Å². The minimum Gasteiger partial charge on any atom is -0.382 e. The van der Waals surface area contributed by atoms with E-state index in [1.807, 2.05) is 10.5 Å². The first-order valence-corrected chi connectivity index (χ1v) is 13.1. The van der Waals surface area contributed by atoms with E-state index in [-0.39, 0.29) is 29.1 Å². The van der Waals surface area contributed by atoms with E-state index in [1.165, 1.54) is 0 Å². The molecule has 0 radical (unpaired) electrons. The third-order valence-corrected chi connectivity index (χ3v) is 6.93. The Kier molecular flexibility index (Phi) is 7.67. The summed E-state index contributed by atoms with van der Waals surface area (Å²) in [5.41, 5.74) is 9.22. The number of halogens is 3. The average molecular weight is 574 g/mol. The Bertz CT molecular complexity index is 1800. The molecule has 0 aliphatic heterocycles. The molecule has 5 rings (SSSR count). The molecule has 0 saturated carbocycles. The highest BCUT2D eigenvalue weighted by molar-refractivity contribution is 6.04. The van der Waals surface area contributed by atoms with E-state index in [4.69, 9.17) is 10.7 Å². The summed E-state index contributed by atoms with van der Waals surface area (Å²) >= 11 is 0. The summed E-state index contributed by atoms with van der Waals surface area (Å²) < 4.78 is 41.0. The van der Waals surface area contributed by atoms with Crippen molar-refractivity contribution < 1.29 is 22.8 Å². The number of carbonyl (C=O) groups is 2. The zero-order valence-electron chi connectivity index (χ0n) is 22.7. The molecule has 0 bridgehead atoms. The van der Waals surface area contributed by atoms with Gasteiger partial charge in [-0.2, -0.15) is 13.2 Å². The van der Waals surface area contributed by atoms with Crippen LogP contribution in [-0.2, 0) is 11.0 Å². The van der Waals surface area contributed by atoms with Crippen LogP contribution in [0.2, 0.25) is 0 Å². The minimum absolute atomic E-state index is 0.0217. The fraction of sp³-hybridized carbons (Fsp3) is 0.233. The smallest absolute Gasteiger partial charge is 0.382 e. The molecular formula is C30H26F3N7O2. The lowest BCUT2D eigenvalue weighted by atomic mass is 9.94. The van der Waals surface area contributed by atoms with Gasteiger partial charge in [0.05, 0.1) is 5.56 Å². The highest BCUT2D eigenvalue weighted by atomic mass is 19.4. The summed E-state index contributed by atoms with van der Waals surface area (Å²) in [5, 5.41) is 5.34. The molecule has 2 amide bonds. The zero-order valence-corrected chi connectivity index (χ0v) is 22.7. The molecular weight excluding hydrogens is 547 g/mol. The highest BCUT2D eigenvalue weighted by Gasteiger charge is 2.31. The molecule has 4 aromatic rings. The van der Waals surface area contributed by atoms with Crippen molar-refractivity contribution in [3.8, 4) is 23.1 Å². The summed E-state index contributed by atoms with van der Waals surface area (Å²) in [5.74, 6) is 4.96. The molecule has 1 atom stereocenters. The van der Waals surface area contributed by atoms with E-state index in [9.17, 15) is 22.8 Å². The first-order valence-electron chi connectivity index (χ1n) is 13.1. The van der Waals surface area contributed by atoms with Crippen LogP contribution in [0.1, 0.15) is 53.5 Å². The number of hydrogen-bond donors (Lipinski definition) is 3. The number of nitrogens with zero attached hydrogens (tertiary/aromatic N) is 4. The number of allylic oxidation sites excluding steroid dienone is 1. The Morgan fingerprint density at radius 1 is 1.14 bits per heavy atom. The predicted octanol–water partition coefficient (Wildman–Crippen LogP) is 5.03. The third kappa shape index (κ3) is 5.81. The summed E-state index contributed by atoms with van der Waals surface area (Å²) in [6.45, 7) is 3.42. The van der Waals surface area contributed by atoms with Crippen LogP contribution in [0.4, 0.5) is 24.8 Å². The van der Waals surface area contributed by atoms with Gasteiger partial charge in [-0.05, 0) is 74.4 Å². The Labute approximate surface area is 239 Å². The molecule has 3 aromatic heterocycles. The molecule has 3 heterocycles. The van der Waals surface area contributed by atoms with Gasteiger partial charge >= 0.3 is 6.18 Å². The van der Waals surface area contributed by atoms with Crippen LogP contribution in [0.25, 0.3) is 22.3 Å². The third-order valence-electron chi connectivity index (χ3n) is 6.93. The van der Waals surface area contributed by atoms with Gasteiger partial charge in [0.2, 0.25) is 0 Å². The van der Waals surface area contributed by atoms with Crippen molar-refractivity contribution in [2.24, 2.45) is 0 Å².